The quantitative estimate of drug-likeness (QED) is 0.876. The molecule has 1 aliphatic carbocycles. The lowest BCUT2D eigenvalue weighted by molar-refractivity contribution is 0.351. The highest BCUT2D eigenvalue weighted by Crippen LogP contribution is 2.29. The molecule has 0 radical (unpaired) electrons. The van der Waals surface area contributed by atoms with Gasteiger partial charge in [-0.25, -0.2) is 0 Å². The lowest BCUT2D eigenvalue weighted by Gasteiger charge is -2.27. The number of aromatic nitrogens is 1. The van der Waals surface area contributed by atoms with Gasteiger partial charge in [-0.15, -0.1) is 0 Å². The average Bonchev–Trinajstić information content (AvgIpc) is 2.80. The summed E-state index contributed by atoms with van der Waals surface area (Å²) in [4.78, 5) is 4.62. The third-order valence-corrected chi connectivity index (χ3v) is 4.64. The van der Waals surface area contributed by atoms with Crippen molar-refractivity contribution < 1.29 is 0 Å². The van der Waals surface area contributed by atoms with Crippen molar-refractivity contribution in [3.63, 3.8) is 0 Å². The minimum Gasteiger partial charge on any atom is -0.307 e. The predicted octanol–water partition coefficient (Wildman–Crippen LogP) is 4.24. The third kappa shape index (κ3) is 3.36. The Bertz CT molecular complexity index is 410. The Morgan fingerprint density at radius 1 is 1.16 bits per heavy atom. The van der Waals surface area contributed by atoms with Gasteiger partial charge in [0.1, 0.15) is 0 Å². The van der Waals surface area contributed by atoms with Gasteiger partial charge in [0.05, 0.1) is 0 Å². The first-order chi connectivity index (χ1) is 8.99. The zero-order chi connectivity index (χ0) is 14.0. The van der Waals surface area contributed by atoms with Crippen molar-refractivity contribution in [3.05, 3.63) is 28.6 Å². The zero-order valence-electron chi connectivity index (χ0n) is 13.1. The lowest BCUT2D eigenvalue weighted by Crippen LogP contribution is -2.35. The molecular formula is C17H28N2. The second-order valence-corrected chi connectivity index (χ2v) is 6.30. The number of hydrogen-bond donors (Lipinski definition) is 1. The Morgan fingerprint density at radius 2 is 1.79 bits per heavy atom. The number of rotatable bonds is 4. The van der Waals surface area contributed by atoms with Crippen molar-refractivity contribution >= 4 is 0 Å². The molecule has 1 aromatic heterocycles. The first-order valence-electron chi connectivity index (χ1n) is 7.70. The smallest absolute Gasteiger partial charge is 0.0426 e. The van der Waals surface area contributed by atoms with Crippen LogP contribution in [-0.2, 0) is 0 Å². The maximum Gasteiger partial charge on any atom is 0.0426 e. The van der Waals surface area contributed by atoms with Crippen LogP contribution in [0.5, 0.6) is 0 Å². The molecule has 0 amide bonds. The van der Waals surface area contributed by atoms with Gasteiger partial charge in [0, 0.05) is 23.5 Å². The van der Waals surface area contributed by atoms with Crippen LogP contribution >= 0.6 is 0 Å². The number of hydrogen-bond acceptors (Lipinski definition) is 2. The number of nitrogens with one attached hydrogen (secondary N) is 1. The average molecular weight is 260 g/mol. The molecule has 1 fully saturated rings. The van der Waals surface area contributed by atoms with E-state index in [0.717, 1.165) is 11.6 Å². The van der Waals surface area contributed by atoms with Crippen LogP contribution in [0.4, 0.5) is 0 Å². The Morgan fingerprint density at radius 3 is 2.37 bits per heavy atom. The molecule has 2 atom stereocenters. The van der Waals surface area contributed by atoms with Crippen LogP contribution in [0, 0.1) is 26.7 Å². The predicted molar refractivity (Wildman–Crippen MR) is 81.4 cm³/mol. The molecule has 19 heavy (non-hydrogen) atoms. The molecule has 0 spiro atoms. The van der Waals surface area contributed by atoms with Crippen LogP contribution in [0.1, 0.15) is 68.1 Å². The summed E-state index contributed by atoms with van der Waals surface area (Å²) in [5.41, 5.74) is 5.05. The van der Waals surface area contributed by atoms with E-state index in [1.807, 2.05) is 0 Å². The summed E-state index contributed by atoms with van der Waals surface area (Å²) in [5, 5.41) is 3.80. The van der Waals surface area contributed by atoms with Gasteiger partial charge in [-0.3, -0.25) is 4.98 Å². The normalized spacial score (nSPS) is 19.6. The molecule has 0 bridgehead atoms. The second-order valence-electron chi connectivity index (χ2n) is 6.30. The first kappa shape index (κ1) is 14.5. The minimum absolute atomic E-state index is 0.392. The molecule has 106 valence electrons. The van der Waals surface area contributed by atoms with Gasteiger partial charge in [0.25, 0.3) is 0 Å². The van der Waals surface area contributed by atoms with E-state index < -0.39 is 0 Å². The molecule has 1 heterocycles. The molecule has 1 unspecified atom stereocenters. The van der Waals surface area contributed by atoms with Crippen molar-refractivity contribution in [1.29, 1.82) is 0 Å². The SMILES string of the molecule is Cc1cc(C)c(C(C)N[C@@H](C)C2CCCC2)c(C)n1. The van der Waals surface area contributed by atoms with Crippen LogP contribution in [0.2, 0.25) is 0 Å². The first-order valence-corrected chi connectivity index (χ1v) is 7.70. The highest BCUT2D eigenvalue weighted by molar-refractivity contribution is 5.33. The van der Waals surface area contributed by atoms with Crippen molar-refractivity contribution in [1.82, 2.24) is 10.3 Å². The summed E-state index contributed by atoms with van der Waals surface area (Å²) in [6, 6.07) is 3.20. The molecule has 1 aromatic rings. The standard InChI is InChI=1S/C17H28N2/c1-11-10-12(2)18-14(4)17(11)15(5)19-13(3)16-8-6-7-9-16/h10,13,15-16,19H,6-9H2,1-5H3/t13-,15?/m0/s1. The fourth-order valence-electron chi connectivity index (χ4n) is 3.76. The van der Waals surface area contributed by atoms with Gasteiger partial charge in [0.2, 0.25) is 0 Å². The summed E-state index contributed by atoms with van der Waals surface area (Å²) >= 11 is 0. The molecule has 2 heteroatoms. The van der Waals surface area contributed by atoms with Crippen molar-refractivity contribution in [2.45, 2.75) is 72.4 Å². The van der Waals surface area contributed by atoms with Crippen LogP contribution in [0.15, 0.2) is 6.07 Å². The van der Waals surface area contributed by atoms with Gasteiger partial charge >= 0.3 is 0 Å². The monoisotopic (exact) mass is 260 g/mol. The topological polar surface area (TPSA) is 24.9 Å². The van der Waals surface area contributed by atoms with E-state index in [1.165, 1.54) is 42.5 Å². The highest BCUT2D eigenvalue weighted by Gasteiger charge is 2.23. The van der Waals surface area contributed by atoms with Crippen molar-refractivity contribution in [2.24, 2.45) is 5.92 Å². The van der Waals surface area contributed by atoms with Gasteiger partial charge in [-0.1, -0.05) is 12.8 Å². The summed E-state index contributed by atoms with van der Waals surface area (Å²) < 4.78 is 0. The lowest BCUT2D eigenvalue weighted by atomic mass is 9.95. The van der Waals surface area contributed by atoms with E-state index >= 15 is 0 Å². The molecule has 1 saturated carbocycles. The highest BCUT2D eigenvalue weighted by atomic mass is 15.0. The fraction of sp³-hybridized carbons (Fsp3) is 0.706. The molecular weight excluding hydrogens is 232 g/mol. The molecule has 1 aliphatic rings. The fourth-order valence-corrected chi connectivity index (χ4v) is 3.76. The van der Waals surface area contributed by atoms with E-state index in [2.05, 4.69) is 51.0 Å². The van der Waals surface area contributed by atoms with E-state index in [-0.39, 0.29) is 0 Å². The van der Waals surface area contributed by atoms with Crippen LogP contribution in [0.3, 0.4) is 0 Å². The van der Waals surface area contributed by atoms with Crippen molar-refractivity contribution in [3.8, 4) is 0 Å². The maximum absolute atomic E-state index is 4.62. The summed E-state index contributed by atoms with van der Waals surface area (Å²) in [6.45, 7) is 11.0. The minimum atomic E-state index is 0.392. The molecule has 2 nitrogen and oxygen atoms in total. The largest absolute Gasteiger partial charge is 0.307 e. The van der Waals surface area contributed by atoms with Gasteiger partial charge in [-0.05, 0) is 70.6 Å². The maximum atomic E-state index is 4.62. The Kier molecular flexibility index (Phi) is 4.62. The van der Waals surface area contributed by atoms with Gasteiger partial charge in [0.15, 0.2) is 0 Å². The zero-order valence-corrected chi connectivity index (χ0v) is 13.1. The molecule has 2 rings (SSSR count). The van der Waals surface area contributed by atoms with Crippen LogP contribution in [-0.4, -0.2) is 11.0 Å². The van der Waals surface area contributed by atoms with Crippen LogP contribution in [0.25, 0.3) is 0 Å². The summed E-state index contributed by atoms with van der Waals surface area (Å²) in [6.07, 6.45) is 5.61. The van der Waals surface area contributed by atoms with E-state index in [1.54, 1.807) is 0 Å². The van der Waals surface area contributed by atoms with E-state index in [4.69, 9.17) is 0 Å². The molecule has 0 aliphatic heterocycles. The molecule has 1 N–H and O–H groups in total. The van der Waals surface area contributed by atoms with E-state index in [9.17, 15) is 0 Å². The number of pyridine rings is 1. The second kappa shape index (κ2) is 6.04. The van der Waals surface area contributed by atoms with Gasteiger partial charge in [-0.2, -0.15) is 0 Å². The Balaban J connectivity index is 2.09. The van der Waals surface area contributed by atoms with Gasteiger partial charge < -0.3 is 5.32 Å². The summed E-state index contributed by atoms with van der Waals surface area (Å²) in [7, 11) is 0. The van der Waals surface area contributed by atoms with Crippen molar-refractivity contribution in [2.75, 3.05) is 0 Å². The summed E-state index contributed by atoms with van der Waals surface area (Å²) in [5.74, 6) is 0.862. The Hall–Kier alpha value is -0.890. The van der Waals surface area contributed by atoms with E-state index in [0.29, 0.717) is 12.1 Å². The molecule has 0 aromatic carbocycles. The Labute approximate surface area is 118 Å². The third-order valence-electron chi connectivity index (χ3n) is 4.64. The van der Waals surface area contributed by atoms with Crippen LogP contribution < -0.4 is 5.32 Å². The molecule has 0 saturated heterocycles. The number of aryl methyl sites for hydroxylation is 3. The number of nitrogens with zero attached hydrogens (tertiary/aromatic N) is 1.